The molecule has 0 saturated heterocycles. The molecule has 1 aromatic carbocycles. The van der Waals surface area contributed by atoms with Crippen molar-refractivity contribution >= 4 is 32.1 Å². The lowest BCUT2D eigenvalue weighted by Crippen LogP contribution is -2.00. The second-order valence-corrected chi connectivity index (χ2v) is 7.00. The monoisotopic (exact) mass is 302 g/mol. The van der Waals surface area contributed by atoms with Gasteiger partial charge in [0.1, 0.15) is 6.10 Å². The molecule has 0 saturated carbocycles. The molecule has 3 heteroatoms. The second-order valence-electron chi connectivity index (χ2n) is 4.94. The van der Waals surface area contributed by atoms with Crippen molar-refractivity contribution in [1.29, 1.82) is 0 Å². The largest absolute Gasteiger partial charge is 0.383 e. The van der Waals surface area contributed by atoms with E-state index >= 15 is 0 Å². The van der Waals surface area contributed by atoms with Gasteiger partial charge in [-0.25, -0.2) is 0 Å². The predicted octanol–water partition coefficient (Wildman–Crippen LogP) is 5.17. The molecule has 2 heterocycles. The van der Waals surface area contributed by atoms with Gasteiger partial charge in [-0.3, -0.25) is 0 Å². The molecule has 3 aromatic rings. The number of thiophene rings is 2. The quantitative estimate of drug-likeness (QED) is 0.705. The molecule has 0 spiro atoms. The fourth-order valence-corrected chi connectivity index (χ4v) is 4.71. The fourth-order valence-electron chi connectivity index (χ4n) is 2.57. The summed E-state index contributed by atoms with van der Waals surface area (Å²) in [5, 5.41) is 12.7. The van der Waals surface area contributed by atoms with Gasteiger partial charge in [-0.05, 0) is 47.0 Å². The van der Waals surface area contributed by atoms with Crippen LogP contribution in [0.3, 0.4) is 0 Å². The molecule has 0 aliphatic carbocycles. The molecule has 1 atom stereocenters. The zero-order valence-electron chi connectivity index (χ0n) is 11.7. The molecule has 0 amide bonds. The lowest BCUT2D eigenvalue weighted by molar-refractivity contribution is 0.224. The Kier molecular flexibility index (Phi) is 3.92. The first-order valence-electron chi connectivity index (χ1n) is 6.99. The first kappa shape index (κ1) is 13.8. The number of aliphatic hydroxyl groups is 1. The van der Waals surface area contributed by atoms with Gasteiger partial charge < -0.3 is 5.11 Å². The minimum absolute atomic E-state index is 0.504. The van der Waals surface area contributed by atoms with Crippen molar-refractivity contribution in [3.8, 4) is 0 Å². The average molecular weight is 302 g/mol. The van der Waals surface area contributed by atoms with Crippen molar-refractivity contribution in [3.05, 3.63) is 57.3 Å². The third-order valence-electron chi connectivity index (χ3n) is 3.74. The van der Waals surface area contributed by atoms with Crippen molar-refractivity contribution in [1.82, 2.24) is 0 Å². The minimum atomic E-state index is -0.504. The molecule has 0 aliphatic rings. The summed E-state index contributed by atoms with van der Waals surface area (Å²) >= 11 is 3.42. The Labute approximate surface area is 127 Å². The van der Waals surface area contributed by atoms with E-state index in [-0.39, 0.29) is 0 Å². The molecule has 0 radical (unpaired) electrons. The van der Waals surface area contributed by atoms with Crippen molar-refractivity contribution in [3.63, 3.8) is 0 Å². The Morgan fingerprint density at radius 2 is 1.80 bits per heavy atom. The molecule has 3 rings (SSSR count). The van der Waals surface area contributed by atoms with E-state index in [0.29, 0.717) is 0 Å². The summed E-state index contributed by atoms with van der Waals surface area (Å²) in [5.41, 5.74) is 3.74. The van der Waals surface area contributed by atoms with Gasteiger partial charge in [0, 0.05) is 14.3 Å². The Morgan fingerprint density at radius 1 is 1.00 bits per heavy atom. The van der Waals surface area contributed by atoms with Crippen LogP contribution in [0.15, 0.2) is 35.7 Å². The highest BCUT2D eigenvalue weighted by molar-refractivity contribution is 7.26. The van der Waals surface area contributed by atoms with E-state index in [0.717, 1.165) is 23.3 Å². The van der Waals surface area contributed by atoms with Gasteiger partial charge in [0.2, 0.25) is 0 Å². The number of hydrogen-bond acceptors (Lipinski definition) is 3. The Balaban J connectivity index is 1.97. The van der Waals surface area contributed by atoms with Crippen molar-refractivity contribution in [2.45, 2.75) is 32.8 Å². The molecule has 0 fully saturated rings. The number of aryl methyl sites for hydroxylation is 2. The Bertz CT molecular complexity index is 695. The number of aliphatic hydroxyl groups excluding tert-OH is 1. The number of benzene rings is 1. The van der Waals surface area contributed by atoms with Crippen molar-refractivity contribution < 1.29 is 5.11 Å². The lowest BCUT2D eigenvalue weighted by Gasteiger charge is -2.13. The number of rotatable bonds is 4. The maximum atomic E-state index is 10.6. The number of fused-ring (bicyclic) bond motifs is 1. The second kappa shape index (κ2) is 5.68. The van der Waals surface area contributed by atoms with Gasteiger partial charge >= 0.3 is 0 Å². The molecule has 20 heavy (non-hydrogen) atoms. The summed E-state index contributed by atoms with van der Waals surface area (Å²) in [6.45, 7) is 4.35. The summed E-state index contributed by atoms with van der Waals surface area (Å²) in [6.07, 6.45) is 1.56. The Hall–Kier alpha value is -1.16. The molecule has 2 aromatic heterocycles. The van der Waals surface area contributed by atoms with Crippen LogP contribution in [0.25, 0.3) is 9.40 Å². The standard InChI is InChI=1S/C17H18OS2/c1-3-11-5-6-13(9-12(11)4-2)17(18)16-10-15-14(20-16)7-8-19-15/h5-10,17-18H,3-4H2,1-2H3. The Morgan fingerprint density at radius 3 is 2.50 bits per heavy atom. The van der Waals surface area contributed by atoms with Crippen LogP contribution in [0, 0.1) is 0 Å². The van der Waals surface area contributed by atoms with E-state index in [1.807, 2.05) is 0 Å². The normalized spacial score (nSPS) is 12.9. The molecular formula is C17H18OS2. The van der Waals surface area contributed by atoms with Crippen LogP contribution >= 0.6 is 22.7 Å². The van der Waals surface area contributed by atoms with E-state index in [9.17, 15) is 5.11 Å². The SMILES string of the molecule is CCc1ccc(C(O)c2cc3sccc3s2)cc1CC. The van der Waals surface area contributed by atoms with Crippen LogP contribution in [0.1, 0.15) is 41.5 Å². The molecule has 0 bridgehead atoms. The number of hydrogen-bond donors (Lipinski definition) is 1. The minimum Gasteiger partial charge on any atom is -0.383 e. The summed E-state index contributed by atoms with van der Waals surface area (Å²) in [6, 6.07) is 10.6. The van der Waals surface area contributed by atoms with Crippen LogP contribution < -0.4 is 0 Å². The molecule has 1 N–H and O–H groups in total. The zero-order valence-corrected chi connectivity index (χ0v) is 13.4. The van der Waals surface area contributed by atoms with E-state index in [2.05, 4.69) is 49.6 Å². The van der Waals surface area contributed by atoms with Gasteiger partial charge in [0.15, 0.2) is 0 Å². The maximum Gasteiger partial charge on any atom is 0.113 e. The fraction of sp³-hybridized carbons (Fsp3) is 0.294. The lowest BCUT2D eigenvalue weighted by atomic mass is 9.97. The van der Waals surface area contributed by atoms with Crippen LogP contribution in [0.5, 0.6) is 0 Å². The molecule has 104 valence electrons. The van der Waals surface area contributed by atoms with Gasteiger partial charge in [-0.1, -0.05) is 32.0 Å². The third kappa shape index (κ3) is 2.41. The molecule has 1 nitrogen and oxygen atoms in total. The van der Waals surface area contributed by atoms with E-state index < -0.39 is 6.10 Å². The first-order valence-corrected chi connectivity index (χ1v) is 8.69. The van der Waals surface area contributed by atoms with Gasteiger partial charge in [-0.2, -0.15) is 0 Å². The van der Waals surface area contributed by atoms with Crippen LogP contribution in [0.2, 0.25) is 0 Å². The van der Waals surface area contributed by atoms with E-state index in [4.69, 9.17) is 0 Å². The highest BCUT2D eigenvalue weighted by Gasteiger charge is 2.15. The summed E-state index contributed by atoms with van der Waals surface area (Å²) < 4.78 is 2.54. The van der Waals surface area contributed by atoms with E-state index in [1.54, 1.807) is 22.7 Å². The van der Waals surface area contributed by atoms with Crippen molar-refractivity contribution in [2.24, 2.45) is 0 Å². The summed E-state index contributed by atoms with van der Waals surface area (Å²) in [7, 11) is 0. The first-order chi connectivity index (χ1) is 9.72. The van der Waals surface area contributed by atoms with Gasteiger partial charge in [-0.15, -0.1) is 22.7 Å². The van der Waals surface area contributed by atoms with Gasteiger partial charge in [0.25, 0.3) is 0 Å². The zero-order chi connectivity index (χ0) is 14.1. The molecule has 1 unspecified atom stereocenters. The molecular weight excluding hydrogens is 284 g/mol. The predicted molar refractivity (Wildman–Crippen MR) is 89.0 cm³/mol. The van der Waals surface area contributed by atoms with Gasteiger partial charge in [0.05, 0.1) is 0 Å². The molecule has 0 aliphatic heterocycles. The summed E-state index contributed by atoms with van der Waals surface area (Å²) in [4.78, 5) is 1.04. The van der Waals surface area contributed by atoms with Crippen LogP contribution in [-0.2, 0) is 12.8 Å². The third-order valence-corrected chi connectivity index (χ3v) is 5.88. The smallest absolute Gasteiger partial charge is 0.113 e. The van der Waals surface area contributed by atoms with Crippen LogP contribution in [-0.4, -0.2) is 5.11 Å². The topological polar surface area (TPSA) is 20.2 Å². The van der Waals surface area contributed by atoms with E-state index in [1.165, 1.54) is 20.5 Å². The maximum absolute atomic E-state index is 10.6. The summed E-state index contributed by atoms with van der Waals surface area (Å²) in [5.74, 6) is 0. The highest BCUT2D eigenvalue weighted by Crippen LogP contribution is 2.36. The average Bonchev–Trinajstić information content (AvgIpc) is 3.06. The van der Waals surface area contributed by atoms with Crippen LogP contribution in [0.4, 0.5) is 0 Å². The van der Waals surface area contributed by atoms with Crippen molar-refractivity contribution in [2.75, 3.05) is 0 Å². The highest BCUT2D eigenvalue weighted by atomic mass is 32.1.